The lowest BCUT2D eigenvalue weighted by Gasteiger charge is -2.28. The number of nitrogens with two attached hydrogens (primary N) is 1. The van der Waals surface area contributed by atoms with Crippen molar-refractivity contribution in [3.05, 3.63) is 30.3 Å². The number of benzene rings is 2. The summed E-state index contributed by atoms with van der Waals surface area (Å²) in [5.74, 6) is 1.62. The van der Waals surface area contributed by atoms with E-state index in [1.807, 2.05) is 6.07 Å². The van der Waals surface area contributed by atoms with Gasteiger partial charge in [-0.1, -0.05) is 0 Å². The third-order valence-corrected chi connectivity index (χ3v) is 4.82. The van der Waals surface area contributed by atoms with Crippen LogP contribution in [-0.4, -0.2) is 26.2 Å². The van der Waals surface area contributed by atoms with Crippen LogP contribution in [0.4, 0.5) is 28.4 Å². The van der Waals surface area contributed by atoms with Gasteiger partial charge in [-0.3, -0.25) is 0 Å². The van der Waals surface area contributed by atoms with Gasteiger partial charge in [-0.25, -0.2) is 0 Å². The second-order valence-corrected chi connectivity index (χ2v) is 6.16. The molecule has 0 aromatic heterocycles. The summed E-state index contributed by atoms with van der Waals surface area (Å²) in [6.07, 6.45) is 0. The van der Waals surface area contributed by atoms with E-state index in [2.05, 4.69) is 67.1 Å². The monoisotopic (exact) mass is 340 g/mol. The first kappa shape index (κ1) is 17.3. The van der Waals surface area contributed by atoms with Crippen LogP contribution in [0.1, 0.15) is 27.7 Å². The van der Waals surface area contributed by atoms with Gasteiger partial charge in [-0.15, -0.1) is 0 Å². The van der Waals surface area contributed by atoms with Crippen molar-refractivity contribution in [2.75, 3.05) is 47.0 Å². The molecule has 134 valence electrons. The lowest BCUT2D eigenvalue weighted by Crippen LogP contribution is -2.22. The molecular formula is C20H28N4O. The maximum atomic E-state index is 6.29. The zero-order chi connectivity index (χ0) is 18.0. The third kappa shape index (κ3) is 3.18. The fourth-order valence-electron chi connectivity index (χ4n) is 3.34. The SMILES string of the molecule is CCN(CC)c1ccc2c(c1)Oc1cc(N(CC)CC)cc(N)c1N2. The largest absolute Gasteiger partial charge is 0.453 e. The van der Waals surface area contributed by atoms with Gasteiger partial charge < -0.3 is 25.6 Å². The van der Waals surface area contributed by atoms with Gasteiger partial charge >= 0.3 is 0 Å². The summed E-state index contributed by atoms with van der Waals surface area (Å²) >= 11 is 0. The Morgan fingerprint density at radius 2 is 1.44 bits per heavy atom. The Balaban J connectivity index is 1.97. The quantitative estimate of drug-likeness (QED) is 0.631. The van der Waals surface area contributed by atoms with E-state index in [1.165, 1.54) is 5.69 Å². The number of ether oxygens (including phenoxy) is 1. The average Bonchev–Trinajstić information content (AvgIpc) is 2.62. The molecule has 1 heterocycles. The van der Waals surface area contributed by atoms with Crippen LogP contribution < -0.4 is 25.6 Å². The predicted octanol–water partition coefficient (Wildman–Crippen LogP) is 4.81. The number of rotatable bonds is 6. The number of anilines is 5. The number of nitrogen functional groups attached to an aromatic ring is 1. The van der Waals surface area contributed by atoms with Crippen LogP contribution in [0.3, 0.4) is 0 Å². The van der Waals surface area contributed by atoms with Gasteiger partial charge in [-0.2, -0.15) is 0 Å². The summed E-state index contributed by atoms with van der Waals surface area (Å²) in [4.78, 5) is 4.57. The van der Waals surface area contributed by atoms with Gasteiger partial charge in [0.25, 0.3) is 0 Å². The minimum atomic E-state index is 0.706. The highest BCUT2D eigenvalue weighted by atomic mass is 16.5. The molecule has 5 nitrogen and oxygen atoms in total. The third-order valence-electron chi connectivity index (χ3n) is 4.82. The molecule has 0 fully saturated rings. The van der Waals surface area contributed by atoms with Gasteiger partial charge in [0, 0.05) is 49.7 Å². The van der Waals surface area contributed by atoms with E-state index in [-0.39, 0.29) is 0 Å². The van der Waals surface area contributed by atoms with E-state index in [4.69, 9.17) is 10.5 Å². The van der Waals surface area contributed by atoms with Crippen molar-refractivity contribution in [2.24, 2.45) is 0 Å². The van der Waals surface area contributed by atoms with Gasteiger partial charge in [-0.05, 0) is 45.9 Å². The molecule has 0 unspecified atom stereocenters. The van der Waals surface area contributed by atoms with Gasteiger partial charge in [0.1, 0.15) is 5.69 Å². The normalized spacial score (nSPS) is 11.8. The molecule has 1 aliphatic heterocycles. The first-order chi connectivity index (χ1) is 12.1. The number of nitrogens with zero attached hydrogens (tertiary/aromatic N) is 2. The molecule has 0 spiro atoms. The number of hydrogen-bond donors (Lipinski definition) is 2. The van der Waals surface area contributed by atoms with Gasteiger partial charge in [0.05, 0.1) is 11.4 Å². The average molecular weight is 340 g/mol. The summed E-state index contributed by atoms with van der Waals surface area (Å²) in [5, 5.41) is 3.43. The minimum Gasteiger partial charge on any atom is -0.453 e. The summed E-state index contributed by atoms with van der Waals surface area (Å²) in [5.41, 5.74) is 11.1. The van der Waals surface area contributed by atoms with Crippen LogP contribution in [0, 0.1) is 0 Å². The van der Waals surface area contributed by atoms with E-state index in [0.29, 0.717) is 5.69 Å². The molecule has 25 heavy (non-hydrogen) atoms. The first-order valence-corrected chi connectivity index (χ1v) is 9.13. The van der Waals surface area contributed by atoms with Crippen molar-refractivity contribution in [3.63, 3.8) is 0 Å². The lowest BCUT2D eigenvalue weighted by molar-refractivity contribution is 0.481. The minimum absolute atomic E-state index is 0.706. The molecule has 3 N–H and O–H groups in total. The highest BCUT2D eigenvalue weighted by Crippen LogP contribution is 2.47. The lowest BCUT2D eigenvalue weighted by atomic mass is 10.1. The molecule has 5 heteroatoms. The molecule has 0 saturated carbocycles. The fourth-order valence-corrected chi connectivity index (χ4v) is 3.34. The molecule has 0 saturated heterocycles. The molecule has 0 bridgehead atoms. The zero-order valence-corrected chi connectivity index (χ0v) is 15.6. The Morgan fingerprint density at radius 1 is 0.840 bits per heavy atom. The van der Waals surface area contributed by atoms with Crippen molar-refractivity contribution in [1.82, 2.24) is 0 Å². The second kappa shape index (κ2) is 7.13. The maximum absolute atomic E-state index is 6.29. The van der Waals surface area contributed by atoms with E-state index in [1.54, 1.807) is 0 Å². The van der Waals surface area contributed by atoms with Crippen molar-refractivity contribution in [3.8, 4) is 11.5 Å². The van der Waals surface area contributed by atoms with Gasteiger partial charge in [0.15, 0.2) is 11.5 Å². The molecular weight excluding hydrogens is 312 g/mol. The van der Waals surface area contributed by atoms with Crippen LogP contribution in [0.25, 0.3) is 0 Å². The van der Waals surface area contributed by atoms with Crippen molar-refractivity contribution in [1.29, 1.82) is 0 Å². The Kier molecular flexibility index (Phi) is 4.93. The Morgan fingerprint density at radius 3 is 2.08 bits per heavy atom. The molecule has 1 aliphatic rings. The summed E-state index contributed by atoms with van der Waals surface area (Å²) in [6, 6.07) is 10.4. The van der Waals surface area contributed by atoms with E-state index >= 15 is 0 Å². The number of nitrogens with one attached hydrogen (secondary N) is 1. The van der Waals surface area contributed by atoms with Crippen LogP contribution in [0.2, 0.25) is 0 Å². The standard InChI is InChI=1S/C20H28N4O/c1-5-23(6-2)14-9-10-17-18(12-14)25-19-13-15(24(7-3)8-4)11-16(21)20(19)22-17/h9-13,22H,5-8,21H2,1-4H3. The Labute approximate surface area is 150 Å². The van der Waals surface area contributed by atoms with Gasteiger partial charge in [0.2, 0.25) is 0 Å². The molecule has 0 amide bonds. The number of fused-ring (bicyclic) bond motifs is 2. The van der Waals surface area contributed by atoms with E-state index < -0.39 is 0 Å². The van der Waals surface area contributed by atoms with Crippen molar-refractivity contribution in [2.45, 2.75) is 27.7 Å². The van der Waals surface area contributed by atoms with E-state index in [0.717, 1.165) is 54.7 Å². The topological polar surface area (TPSA) is 53.8 Å². The Hall–Kier alpha value is -2.56. The van der Waals surface area contributed by atoms with Crippen LogP contribution in [-0.2, 0) is 0 Å². The number of hydrogen-bond acceptors (Lipinski definition) is 5. The molecule has 0 radical (unpaired) electrons. The molecule has 2 aromatic rings. The Bertz CT molecular complexity index is 752. The van der Waals surface area contributed by atoms with Crippen molar-refractivity contribution >= 4 is 28.4 Å². The molecule has 2 aromatic carbocycles. The molecule has 3 rings (SSSR count). The highest BCUT2D eigenvalue weighted by Gasteiger charge is 2.21. The predicted molar refractivity (Wildman–Crippen MR) is 108 cm³/mol. The van der Waals surface area contributed by atoms with Crippen LogP contribution >= 0.6 is 0 Å². The summed E-state index contributed by atoms with van der Waals surface area (Å²) < 4.78 is 6.22. The van der Waals surface area contributed by atoms with E-state index in [9.17, 15) is 0 Å². The fraction of sp³-hybridized carbons (Fsp3) is 0.400. The zero-order valence-electron chi connectivity index (χ0n) is 15.6. The molecule has 0 aliphatic carbocycles. The smallest absolute Gasteiger partial charge is 0.155 e. The summed E-state index contributed by atoms with van der Waals surface area (Å²) in [7, 11) is 0. The first-order valence-electron chi connectivity index (χ1n) is 9.13. The van der Waals surface area contributed by atoms with Crippen LogP contribution in [0.5, 0.6) is 11.5 Å². The molecule has 0 atom stereocenters. The second-order valence-electron chi connectivity index (χ2n) is 6.16. The maximum Gasteiger partial charge on any atom is 0.155 e. The van der Waals surface area contributed by atoms with Crippen molar-refractivity contribution < 1.29 is 4.74 Å². The summed E-state index contributed by atoms with van der Waals surface area (Å²) in [6.45, 7) is 12.4. The van der Waals surface area contributed by atoms with Crippen LogP contribution in [0.15, 0.2) is 30.3 Å². The highest BCUT2D eigenvalue weighted by molar-refractivity contribution is 5.87.